The van der Waals surface area contributed by atoms with Crippen LogP contribution in [0.4, 0.5) is 5.69 Å². The Morgan fingerprint density at radius 1 is 1.22 bits per heavy atom. The molecule has 0 aliphatic carbocycles. The summed E-state index contributed by atoms with van der Waals surface area (Å²) in [5.74, 6) is -1.28. The van der Waals surface area contributed by atoms with E-state index in [2.05, 4.69) is 4.98 Å². The maximum Gasteiger partial charge on any atom is 0.340 e. The Morgan fingerprint density at radius 3 is 2.70 bits per heavy atom. The predicted molar refractivity (Wildman–Crippen MR) is 100 cm³/mol. The SMILES string of the molecule is CCc1cccc2c(C(=O)COC(=O)c3cc([N+](=O)[O-])ccc3Cl)c[nH]c12. The Hall–Kier alpha value is -3.19. The number of para-hydroxylation sites is 1. The molecular weight excluding hydrogens is 372 g/mol. The summed E-state index contributed by atoms with van der Waals surface area (Å²) in [5, 5.41) is 11.6. The Balaban J connectivity index is 1.77. The molecule has 0 aliphatic rings. The molecule has 0 spiro atoms. The molecule has 3 aromatic rings. The summed E-state index contributed by atoms with van der Waals surface area (Å²) in [6.45, 7) is 1.52. The largest absolute Gasteiger partial charge is 0.454 e. The molecule has 3 rings (SSSR count). The Morgan fingerprint density at radius 2 is 2.00 bits per heavy atom. The Bertz CT molecular complexity index is 1060. The summed E-state index contributed by atoms with van der Waals surface area (Å²) >= 11 is 5.91. The zero-order chi connectivity index (χ0) is 19.6. The van der Waals surface area contributed by atoms with E-state index in [1.54, 1.807) is 6.20 Å². The third-order valence-corrected chi connectivity index (χ3v) is 4.53. The summed E-state index contributed by atoms with van der Waals surface area (Å²) in [6.07, 6.45) is 2.39. The second kappa shape index (κ2) is 7.59. The smallest absolute Gasteiger partial charge is 0.340 e. The number of aromatic amines is 1. The number of ketones is 1. The van der Waals surface area contributed by atoms with Crippen LogP contribution in [0.2, 0.25) is 5.02 Å². The number of hydrogen-bond acceptors (Lipinski definition) is 5. The maximum atomic E-state index is 12.5. The van der Waals surface area contributed by atoms with Gasteiger partial charge in [0, 0.05) is 34.8 Å². The third-order valence-electron chi connectivity index (χ3n) is 4.20. The predicted octanol–water partition coefficient (Wildman–Crippen LogP) is 4.33. The van der Waals surface area contributed by atoms with Gasteiger partial charge in [-0.25, -0.2) is 4.79 Å². The number of non-ortho nitro benzene ring substituents is 1. The summed E-state index contributed by atoms with van der Waals surface area (Å²) < 4.78 is 5.03. The number of nitro benzene ring substituents is 1. The normalized spacial score (nSPS) is 10.7. The lowest BCUT2D eigenvalue weighted by molar-refractivity contribution is -0.384. The first-order valence-electron chi connectivity index (χ1n) is 8.15. The van der Waals surface area contributed by atoms with Crippen LogP contribution in [0, 0.1) is 10.1 Å². The van der Waals surface area contributed by atoms with Gasteiger partial charge in [-0.3, -0.25) is 14.9 Å². The molecule has 0 bridgehead atoms. The molecular formula is C19H15ClN2O5. The van der Waals surface area contributed by atoms with Gasteiger partial charge in [-0.2, -0.15) is 0 Å². The summed E-state index contributed by atoms with van der Waals surface area (Å²) in [5.41, 5.74) is 1.91. The van der Waals surface area contributed by atoms with Crippen molar-refractivity contribution in [2.45, 2.75) is 13.3 Å². The number of carbonyl (C=O) groups is 2. The average molecular weight is 387 g/mol. The number of halogens is 1. The van der Waals surface area contributed by atoms with E-state index < -0.39 is 17.5 Å². The Labute approximate surface area is 159 Å². The highest BCUT2D eigenvalue weighted by Crippen LogP contribution is 2.24. The second-order valence-electron chi connectivity index (χ2n) is 5.82. The van der Waals surface area contributed by atoms with Crippen molar-refractivity contribution in [1.29, 1.82) is 0 Å². The van der Waals surface area contributed by atoms with E-state index in [1.165, 1.54) is 12.1 Å². The second-order valence-corrected chi connectivity index (χ2v) is 6.22. The van der Waals surface area contributed by atoms with Gasteiger partial charge < -0.3 is 9.72 Å². The van der Waals surface area contributed by atoms with Crippen molar-refractivity contribution < 1.29 is 19.2 Å². The number of nitro groups is 1. The molecule has 0 saturated carbocycles. The van der Waals surface area contributed by atoms with Gasteiger partial charge >= 0.3 is 5.97 Å². The van der Waals surface area contributed by atoms with E-state index in [0.29, 0.717) is 5.56 Å². The van der Waals surface area contributed by atoms with Crippen LogP contribution in [-0.4, -0.2) is 28.3 Å². The van der Waals surface area contributed by atoms with E-state index >= 15 is 0 Å². The molecule has 1 N–H and O–H groups in total. The van der Waals surface area contributed by atoms with Crippen LogP contribution < -0.4 is 0 Å². The lowest BCUT2D eigenvalue weighted by Crippen LogP contribution is -2.14. The minimum absolute atomic E-state index is 0.0118. The Kier molecular flexibility index (Phi) is 5.23. The van der Waals surface area contributed by atoms with Gasteiger partial charge in [-0.05, 0) is 18.1 Å². The number of H-pyrrole nitrogens is 1. The van der Waals surface area contributed by atoms with Crippen LogP contribution in [-0.2, 0) is 11.2 Å². The fourth-order valence-electron chi connectivity index (χ4n) is 2.81. The van der Waals surface area contributed by atoms with E-state index in [9.17, 15) is 19.7 Å². The highest BCUT2D eigenvalue weighted by atomic mass is 35.5. The van der Waals surface area contributed by atoms with Crippen LogP contribution in [0.25, 0.3) is 10.9 Å². The molecule has 1 heterocycles. The fraction of sp³-hybridized carbons (Fsp3) is 0.158. The molecule has 2 aromatic carbocycles. The summed E-state index contributed by atoms with van der Waals surface area (Å²) in [6, 6.07) is 9.09. The van der Waals surface area contributed by atoms with E-state index in [1.807, 2.05) is 25.1 Å². The van der Waals surface area contributed by atoms with Crippen molar-refractivity contribution in [2.75, 3.05) is 6.61 Å². The van der Waals surface area contributed by atoms with E-state index in [0.717, 1.165) is 29.0 Å². The van der Waals surface area contributed by atoms with Crippen molar-refractivity contribution in [3.8, 4) is 0 Å². The molecule has 27 heavy (non-hydrogen) atoms. The lowest BCUT2D eigenvalue weighted by Gasteiger charge is -2.06. The number of fused-ring (bicyclic) bond motifs is 1. The van der Waals surface area contributed by atoms with Gasteiger partial charge in [0.25, 0.3) is 5.69 Å². The number of ether oxygens (including phenoxy) is 1. The molecule has 0 amide bonds. The number of hydrogen-bond donors (Lipinski definition) is 1. The molecule has 0 unspecified atom stereocenters. The molecule has 0 radical (unpaired) electrons. The molecule has 8 heteroatoms. The molecule has 7 nitrogen and oxygen atoms in total. The summed E-state index contributed by atoms with van der Waals surface area (Å²) in [4.78, 5) is 37.9. The topological polar surface area (TPSA) is 102 Å². The van der Waals surface area contributed by atoms with Crippen molar-refractivity contribution in [1.82, 2.24) is 4.98 Å². The third kappa shape index (κ3) is 3.68. The molecule has 0 saturated heterocycles. The number of carbonyl (C=O) groups excluding carboxylic acids is 2. The van der Waals surface area contributed by atoms with Crippen LogP contribution in [0.3, 0.4) is 0 Å². The van der Waals surface area contributed by atoms with E-state index in [4.69, 9.17) is 16.3 Å². The van der Waals surface area contributed by atoms with Crippen molar-refractivity contribution in [3.63, 3.8) is 0 Å². The number of Topliss-reactive ketones (excluding diaryl/α,β-unsaturated/α-hetero) is 1. The number of nitrogens with zero attached hydrogens (tertiary/aromatic N) is 1. The quantitative estimate of drug-likeness (QED) is 0.294. The fourth-order valence-corrected chi connectivity index (χ4v) is 3.01. The lowest BCUT2D eigenvalue weighted by atomic mass is 10.1. The van der Waals surface area contributed by atoms with Crippen LogP contribution >= 0.6 is 11.6 Å². The highest BCUT2D eigenvalue weighted by molar-refractivity contribution is 6.33. The first-order valence-corrected chi connectivity index (χ1v) is 8.53. The molecule has 0 aliphatic heterocycles. The monoisotopic (exact) mass is 386 g/mol. The van der Waals surface area contributed by atoms with Crippen molar-refractivity contribution in [2.24, 2.45) is 0 Å². The first-order chi connectivity index (χ1) is 12.9. The number of aryl methyl sites for hydroxylation is 1. The van der Waals surface area contributed by atoms with Gasteiger partial charge in [-0.15, -0.1) is 0 Å². The minimum atomic E-state index is -0.897. The van der Waals surface area contributed by atoms with Crippen LogP contribution in [0.1, 0.15) is 33.2 Å². The molecule has 0 fully saturated rings. The molecule has 138 valence electrons. The number of esters is 1. The molecule has 1 aromatic heterocycles. The van der Waals surface area contributed by atoms with Crippen LogP contribution in [0.15, 0.2) is 42.6 Å². The van der Waals surface area contributed by atoms with Crippen molar-refractivity contribution in [3.05, 3.63) is 74.4 Å². The maximum absolute atomic E-state index is 12.5. The van der Waals surface area contributed by atoms with Gasteiger partial charge in [0.1, 0.15) is 0 Å². The van der Waals surface area contributed by atoms with Gasteiger partial charge in [-0.1, -0.05) is 36.7 Å². The van der Waals surface area contributed by atoms with Gasteiger partial charge in [0.2, 0.25) is 5.78 Å². The standard InChI is InChI=1S/C19H15ClN2O5/c1-2-11-4-3-5-13-15(9-21-18(11)13)17(23)10-27-19(24)14-8-12(22(25)26)6-7-16(14)20/h3-9,21H,2,10H2,1H3. The zero-order valence-corrected chi connectivity index (χ0v) is 15.1. The van der Waals surface area contributed by atoms with Crippen molar-refractivity contribution >= 4 is 39.9 Å². The van der Waals surface area contributed by atoms with Gasteiger partial charge in [0.05, 0.1) is 15.5 Å². The average Bonchev–Trinajstić information content (AvgIpc) is 3.10. The van der Waals surface area contributed by atoms with Gasteiger partial charge in [0.15, 0.2) is 6.61 Å². The molecule has 0 atom stereocenters. The minimum Gasteiger partial charge on any atom is -0.454 e. The number of benzene rings is 2. The first kappa shape index (κ1) is 18.6. The number of aromatic nitrogens is 1. The van der Waals surface area contributed by atoms with Crippen LogP contribution in [0.5, 0.6) is 0 Å². The zero-order valence-electron chi connectivity index (χ0n) is 14.3. The number of nitrogens with one attached hydrogen (secondary N) is 1. The number of rotatable bonds is 6. The van der Waals surface area contributed by atoms with E-state index in [-0.39, 0.29) is 22.1 Å². The highest BCUT2D eigenvalue weighted by Gasteiger charge is 2.20. The summed E-state index contributed by atoms with van der Waals surface area (Å²) in [7, 11) is 0.